The highest BCUT2D eigenvalue weighted by atomic mass is 79.9. The van der Waals surface area contributed by atoms with Crippen LogP contribution in [0, 0.1) is 6.92 Å². The van der Waals surface area contributed by atoms with Gasteiger partial charge in [0.1, 0.15) is 0 Å². The fourth-order valence-corrected chi connectivity index (χ4v) is 3.40. The van der Waals surface area contributed by atoms with E-state index >= 15 is 0 Å². The predicted octanol–water partition coefficient (Wildman–Crippen LogP) is 1.83. The molecule has 0 bridgehead atoms. The zero-order valence-corrected chi connectivity index (χ0v) is 15.1. The Kier molecular flexibility index (Phi) is 6.22. The Morgan fingerprint density at radius 3 is 2.81 bits per heavy atom. The van der Waals surface area contributed by atoms with Crippen molar-refractivity contribution in [1.82, 2.24) is 20.0 Å². The lowest BCUT2D eigenvalue weighted by atomic mass is 10.0. The zero-order valence-electron chi connectivity index (χ0n) is 13.5. The highest BCUT2D eigenvalue weighted by Gasteiger charge is 2.28. The Morgan fingerprint density at radius 2 is 2.19 bits per heavy atom. The van der Waals surface area contributed by atoms with Gasteiger partial charge in [-0.1, -0.05) is 6.92 Å². The molecule has 1 aliphatic rings. The highest BCUT2D eigenvalue weighted by molar-refractivity contribution is 9.10. The van der Waals surface area contributed by atoms with E-state index in [1.807, 2.05) is 14.0 Å². The first-order chi connectivity index (χ1) is 10.1. The van der Waals surface area contributed by atoms with Crippen molar-refractivity contribution < 1.29 is 4.74 Å². The Morgan fingerprint density at radius 1 is 1.43 bits per heavy atom. The van der Waals surface area contributed by atoms with Gasteiger partial charge in [0.15, 0.2) is 0 Å². The average Bonchev–Trinajstić information content (AvgIpc) is 2.79. The first-order valence-corrected chi connectivity index (χ1v) is 8.62. The van der Waals surface area contributed by atoms with Gasteiger partial charge in [0.25, 0.3) is 0 Å². The molecule has 0 saturated carbocycles. The lowest BCUT2D eigenvalue weighted by Crippen LogP contribution is -2.52. The van der Waals surface area contributed by atoms with Crippen LogP contribution in [-0.4, -0.2) is 60.1 Å². The van der Waals surface area contributed by atoms with Crippen molar-refractivity contribution in [3.05, 3.63) is 15.9 Å². The van der Waals surface area contributed by atoms with Crippen LogP contribution in [0.15, 0.2) is 4.47 Å². The molecule has 1 N–H and O–H groups in total. The standard InChI is InChI=1S/C15H27BrN4O/c1-5-19-7-8-21-14(10-19)12(17-4)9-13-15(16)11(3)18-20(13)6-2/h12,14,17H,5-10H2,1-4H3. The lowest BCUT2D eigenvalue weighted by Gasteiger charge is -2.36. The van der Waals surface area contributed by atoms with E-state index in [2.05, 4.69) is 49.8 Å². The molecule has 2 atom stereocenters. The summed E-state index contributed by atoms with van der Waals surface area (Å²) in [6.07, 6.45) is 1.16. The second-order valence-corrected chi connectivity index (χ2v) is 6.36. The van der Waals surface area contributed by atoms with Crippen molar-refractivity contribution in [3.63, 3.8) is 0 Å². The van der Waals surface area contributed by atoms with Crippen LogP contribution < -0.4 is 5.32 Å². The molecule has 0 spiro atoms. The maximum atomic E-state index is 6.01. The average molecular weight is 359 g/mol. The molecule has 0 amide bonds. The monoisotopic (exact) mass is 358 g/mol. The van der Waals surface area contributed by atoms with Crippen LogP contribution in [0.1, 0.15) is 25.2 Å². The summed E-state index contributed by atoms with van der Waals surface area (Å²) in [5.41, 5.74) is 2.31. The molecule has 5 nitrogen and oxygen atoms in total. The molecule has 21 heavy (non-hydrogen) atoms. The minimum atomic E-state index is 0.233. The molecular formula is C15H27BrN4O. The number of aryl methyl sites for hydroxylation is 2. The van der Waals surface area contributed by atoms with E-state index < -0.39 is 0 Å². The van der Waals surface area contributed by atoms with E-state index in [0.29, 0.717) is 6.04 Å². The van der Waals surface area contributed by atoms with Crippen molar-refractivity contribution >= 4 is 15.9 Å². The second-order valence-electron chi connectivity index (χ2n) is 5.56. The molecule has 120 valence electrons. The van der Waals surface area contributed by atoms with Gasteiger partial charge >= 0.3 is 0 Å². The van der Waals surface area contributed by atoms with Gasteiger partial charge in [0.2, 0.25) is 0 Å². The first-order valence-electron chi connectivity index (χ1n) is 7.83. The molecule has 1 saturated heterocycles. The summed E-state index contributed by atoms with van der Waals surface area (Å²) >= 11 is 3.69. The summed E-state index contributed by atoms with van der Waals surface area (Å²) in [4.78, 5) is 2.45. The number of hydrogen-bond donors (Lipinski definition) is 1. The number of ether oxygens (including phenoxy) is 1. The topological polar surface area (TPSA) is 42.3 Å². The number of hydrogen-bond acceptors (Lipinski definition) is 4. The minimum absolute atomic E-state index is 0.233. The van der Waals surface area contributed by atoms with Crippen LogP contribution in [0.4, 0.5) is 0 Å². The third kappa shape index (κ3) is 3.86. The summed E-state index contributed by atoms with van der Waals surface area (Å²) in [6, 6.07) is 0.303. The molecule has 0 aromatic carbocycles. The van der Waals surface area contributed by atoms with Gasteiger partial charge in [-0.2, -0.15) is 5.10 Å². The summed E-state index contributed by atoms with van der Waals surface area (Å²) in [5.74, 6) is 0. The van der Waals surface area contributed by atoms with E-state index in [9.17, 15) is 0 Å². The smallest absolute Gasteiger partial charge is 0.0858 e. The molecule has 1 aromatic heterocycles. The van der Waals surface area contributed by atoms with Crippen LogP contribution in [-0.2, 0) is 17.7 Å². The number of rotatable bonds is 6. The molecule has 1 fully saturated rings. The van der Waals surface area contributed by atoms with Crippen LogP contribution in [0.5, 0.6) is 0 Å². The molecule has 1 aliphatic heterocycles. The molecule has 2 rings (SSSR count). The first kappa shape index (κ1) is 16.9. The summed E-state index contributed by atoms with van der Waals surface area (Å²) in [6.45, 7) is 11.2. The molecule has 6 heteroatoms. The van der Waals surface area contributed by atoms with Gasteiger partial charge in [0.05, 0.1) is 28.6 Å². The van der Waals surface area contributed by atoms with Crippen molar-refractivity contribution in [1.29, 1.82) is 0 Å². The molecule has 1 aromatic rings. The van der Waals surface area contributed by atoms with Crippen LogP contribution in [0.3, 0.4) is 0 Å². The third-order valence-corrected chi connectivity index (χ3v) is 5.34. The Labute approximate surface area is 136 Å². The fourth-order valence-electron chi connectivity index (χ4n) is 2.95. The zero-order chi connectivity index (χ0) is 15.4. The largest absolute Gasteiger partial charge is 0.374 e. The minimum Gasteiger partial charge on any atom is -0.374 e. The highest BCUT2D eigenvalue weighted by Crippen LogP contribution is 2.24. The van der Waals surface area contributed by atoms with Crippen LogP contribution in [0.25, 0.3) is 0 Å². The normalized spacial score (nSPS) is 21.7. The predicted molar refractivity (Wildman–Crippen MR) is 88.7 cm³/mol. The quantitative estimate of drug-likeness (QED) is 0.842. The Hall–Kier alpha value is -0.430. The van der Waals surface area contributed by atoms with Crippen molar-refractivity contribution in [2.24, 2.45) is 0 Å². The van der Waals surface area contributed by atoms with Gasteiger partial charge in [-0.3, -0.25) is 9.58 Å². The third-order valence-electron chi connectivity index (χ3n) is 4.31. The van der Waals surface area contributed by atoms with Gasteiger partial charge in [-0.15, -0.1) is 0 Å². The lowest BCUT2D eigenvalue weighted by molar-refractivity contribution is -0.0438. The molecule has 0 radical (unpaired) electrons. The maximum Gasteiger partial charge on any atom is 0.0858 e. The van der Waals surface area contributed by atoms with Crippen molar-refractivity contribution in [3.8, 4) is 0 Å². The molecule has 0 aliphatic carbocycles. The number of halogens is 1. The summed E-state index contributed by atoms with van der Waals surface area (Å²) in [7, 11) is 2.02. The van der Waals surface area contributed by atoms with Crippen LogP contribution in [0.2, 0.25) is 0 Å². The van der Waals surface area contributed by atoms with Crippen LogP contribution >= 0.6 is 15.9 Å². The molecular weight excluding hydrogens is 332 g/mol. The number of aromatic nitrogens is 2. The summed E-state index contributed by atoms with van der Waals surface area (Å²) < 4.78 is 9.23. The van der Waals surface area contributed by atoms with E-state index in [-0.39, 0.29) is 6.10 Å². The van der Waals surface area contributed by atoms with E-state index in [1.165, 1.54) is 5.69 Å². The maximum absolute atomic E-state index is 6.01. The van der Waals surface area contributed by atoms with Crippen molar-refractivity contribution in [2.75, 3.05) is 33.3 Å². The van der Waals surface area contributed by atoms with E-state index in [0.717, 1.165) is 49.4 Å². The van der Waals surface area contributed by atoms with Gasteiger partial charge in [0, 0.05) is 32.1 Å². The number of morpholine rings is 1. The Balaban J connectivity index is 2.12. The van der Waals surface area contributed by atoms with E-state index in [4.69, 9.17) is 4.74 Å². The van der Waals surface area contributed by atoms with Crippen molar-refractivity contribution in [2.45, 2.75) is 45.9 Å². The van der Waals surface area contributed by atoms with Gasteiger partial charge in [-0.05, 0) is 43.4 Å². The van der Waals surface area contributed by atoms with E-state index in [1.54, 1.807) is 0 Å². The molecule has 2 unspecified atom stereocenters. The fraction of sp³-hybridized carbons (Fsp3) is 0.800. The molecule has 2 heterocycles. The van der Waals surface area contributed by atoms with Gasteiger partial charge < -0.3 is 10.1 Å². The number of nitrogens with zero attached hydrogens (tertiary/aromatic N) is 3. The SMILES string of the molecule is CCN1CCOC(C(Cc2c(Br)c(C)nn2CC)NC)C1. The Bertz CT molecular complexity index is 463. The number of likely N-dealkylation sites (N-methyl/N-ethyl adjacent to an activating group) is 2. The second kappa shape index (κ2) is 7.72. The summed E-state index contributed by atoms with van der Waals surface area (Å²) in [5, 5.41) is 8.02. The van der Waals surface area contributed by atoms with Gasteiger partial charge in [-0.25, -0.2) is 0 Å². The number of nitrogens with one attached hydrogen (secondary N) is 1.